The maximum atomic E-state index is 12.2. The monoisotopic (exact) mass is 355 g/mol. The Hall–Kier alpha value is -0.480. The summed E-state index contributed by atoms with van der Waals surface area (Å²) in [4.78, 5) is 12.2. The molecule has 0 radical (unpaired) electrons. The van der Waals surface area contributed by atoms with E-state index in [9.17, 15) is 4.79 Å². The molecule has 0 heterocycles. The molecule has 1 atom stereocenters. The summed E-state index contributed by atoms with van der Waals surface area (Å²) in [7, 11) is 0. The topological polar surface area (TPSA) is 29.1 Å². The molecule has 1 fully saturated rings. The smallest absolute Gasteiger partial charge is 0.233 e. The molecular formula is C16H22BrNOS. The minimum absolute atomic E-state index is 0.0101. The molecule has 2 nitrogen and oxygen atoms in total. The van der Waals surface area contributed by atoms with Crippen molar-refractivity contribution in [3.8, 4) is 0 Å². The van der Waals surface area contributed by atoms with Crippen molar-refractivity contribution in [1.82, 2.24) is 5.32 Å². The largest absolute Gasteiger partial charge is 0.352 e. The van der Waals surface area contributed by atoms with Crippen molar-refractivity contribution in [2.75, 3.05) is 0 Å². The SMILES string of the molecule is CC(SCc1cccc(Br)c1)C(=O)NC1CCCCC1. The first-order chi connectivity index (χ1) is 9.65. The Morgan fingerprint density at radius 2 is 2.15 bits per heavy atom. The van der Waals surface area contributed by atoms with E-state index in [1.165, 1.54) is 24.8 Å². The van der Waals surface area contributed by atoms with Crippen LogP contribution in [0, 0.1) is 0 Å². The van der Waals surface area contributed by atoms with Crippen molar-refractivity contribution in [2.45, 2.75) is 56.1 Å². The van der Waals surface area contributed by atoms with E-state index in [0.29, 0.717) is 6.04 Å². The summed E-state index contributed by atoms with van der Waals surface area (Å²) >= 11 is 5.18. The molecule has 2 rings (SSSR count). The van der Waals surface area contributed by atoms with Gasteiger partial charge in [0, 0.05) is 16.3 Å². The van der Waals surface area contributed by atoms with Gasteiger partial charge < -0.3 is 5.32 Å². The highest BCUT2D eigenvalue weighted by Crippen LogP contribution is 2.22. The molecular weight excluding hydrogens is 334 g/mol. The van der Waals surface area contributed by atoms with E-state index in [1.807, 2.05) is 19.1 Å². The maximum Gasteiger partial charge on any atom is 0.233 e. The summed E-state index contributed by atoms with van der Waals surface area (Å²) in [5.74, 6) is 1.07. The number of thioether (sulfide) groups is 1. The number of benzene rings is 1. The van der Waals surface area contributed by atoms with Crippen molar-refractivity contribution in [1.29, 1.82) is 0 Å². The zero-order chi connectivity index (χ0) is 14.4. The third-order valence-electron chi connectivity index (χ3n) is 3.71. The summed E-state index contributed by atoms with van der Waals surface area (Å²) in [5.41, 5.74) is 1.25. The lowest BCUT2D eigenvalue weighted by molar-refractivity contribution is -0.121. The summed E-state index contributed by atoms with van der Waals surface area (Å²) in [6, 6.07) is 8.67. The Kier molecular flexibility index (Phi) is 6.43. The maximum absolute atomic E-state index is 12.2. The lowest BCUT2D eigenvalue weighted by Gasteiger charge is -2.24. The number of rotatable bonds is 5. The molecule has 20 heavy (non-hydrogen) atoms. The molecule has 0 saturated heterocycles. The van der Waals surface area contributed by atoms with Crippen LogP contribution in [0.25, 0.3) is 0 Å². The molecule has 1 aromatic carbocycles. The molecule has 0 aromatic heterocycles. The second-order valence-electron chi connectivity index (χ2n) is 5.43. The fourth-order valence-corrected chi connectivity index (χ4v) is 3.78. The molecule has 0 aliphatic heterocycles. The number of carbonyl (C=O) groups excluding carboxylic acids is 1. The van der Waals surface area contributed by atoms with Crippen molar-refractivity contribution >= 4 is 33.6 Å². The Morgan fingerprint density at radius 1 is 1.40 bits per heavy atom. The Morgan fingerprint density at radius 3 is 2.85 bits per heavy atom. The van der Waals surface area contributed by atoms with Crippen molar-refractivity contribution in [3.63, 3.8) is 0 Å². The van der Waals surface area contributed by atoms with Crippen LogP contribution in [0.15, 0.2) is 28.7 Å². The molecule has 1 unspecified atom stereocenters. The van der Waals surface area contributed by atoms with Gasteiger partial charge in [0.1, 0.15) is 0 Å². The van der Waals surface area contributed by atoms with E-state index in [-0.39, 0.29) is 11.2 Å². The van der Waals surface area contributed by atoms with Gasteiger partial charge in [-0.05, 0) is 37.5 Å². The second-order valence-corrected chi connectivity index (χ2v) is 7.67. The van der Waals surface area contributed by atoms with E-state index in [1.54, 1.807) is 11.8 Å². The van der Waals surface area contributed by atoms with Gasteiger partial charge in [-0.3, -0.25) is 4.79 Å². The fraction of sp³-hybridized carbons (Fsp3) is 0.562. The number of nitrogens with one attached hydrogen (secondary N) is 1. The summed E-state index contributed by atoms with van der Waals surface area (Å²) in [6.45, 7) is 2.00. The van der Waals surface area contributed by atoms with E-state index < -0.39 is 0 Å². The molecule has 4 heteroatoms. The van der Waals surface area contributed by atoms with Gasteiger partial charge in [-0.25, -0.2) is 0 Å². The molecule has 1 aliphatic rings. The highest BCUT2D eigenvalue weighted by molar-refractivity contribution is 9.10. The third kappa shape index (κ3) is 5.13. The predicted octanol–water partition coefficient (Wildman–Crippen LogP) is 4.52. The van der Waals surface area contributed by atoms with Crippen molar-refractivity contribution in [2.24, 2.45) is 0 Å². The molecule has 1 amide bonds. The van der Waals surface area contributed by atoms with Gasteiger partial charge in [-0.1, -0.05) is 47.3 Å². The summed E-state index contributed by atoms with van der Waals surface area (Å²) in [6.07, 6.45) is 6.12. The van der Waals surface area contributed by atoms with Crippen LogP contribution in [-0.4, -0.2) is 17.2 Å². The minimum atomic E-state index is 0.0101. The van der Waals surface area contributed by atoms with Gasteiger partial charge in [0.25, 0.3) is 0 Å². The zero-order valence-corrected chi connectivity index (χ0v) is 14.3. The molecule has 0 bridgehead atoms. The zero-order valence-electron chi connectivity index (χ0n) is 11.9. The Labute approximate surface area is 134 Å². The third-order valence-corrected chi connectivity index (χ3v) is 5.42. The van der Waals surface area contributed by atoms with Crippen molar-refractivity contribution in [3.05, 3.63) is 34.3 Å². The molecule has 110 valence electrons. The molecule has 1 saturated carbocycles. The number of carbonyl (C=O) groups is 1. The lowest BCUT2D eigenvalue weighted by Crippen LogP contribution is -2.40. The average molecular weight is 356 g/mol. The van der Waals surface area contributed by atoms with Crippen molar-refractivity contribution < 1.29 is 4.79 Å². The van der Waals surface area contributed by atoms with Gasteiger partial charge >= 0.3 is 0 Å². The number of hydrogen-bond donors (Lipinski definition) is 1. The molecule has 1 aliphatic carbocycles. The second kappa shape index (κ2) is 8.08. The minimum Gasteiger partial charge on any atom is -0.352 e. The van der Waals surface area contributed by atoms with Gasteiger partial charge in [0.15, 0.2) is 0 Å². The quantitative estimate of drug-likeness (QED) is 0.840. The van der Waals surface area contributed by atoms with Crippen LogP contribution in [0.3, 0.4) is 0 Å². The van der Waals surface area contributed by atoms with Gasteiger partial charge in [-0.15, -0.1) is 11.8 Å². The number of hydrogen-bond acceptors (Lipinski definition) is 2. The Balaban J connectivity index is 1.76. The highest BCUT2D eigenvalue weighted by atomic mass is 79.9. The predicted molar refractivity (Wildman–Crippen MR) is 89.9 cm³/mol. The van der Waals surface area contributed by atoms with Gasteiger partial charge in [-0.2, -0.15) is 0 Å². The van der Waals surface area contributed by atoms with Crippen LogP contribution in [0.1, 0.15) is 44.6 Å². The summed E-state index contributed by atoms with van der Waals surface area (Å²) in [5, 5.41) is 3.21. The number of halogens is 1. The van der Waals surface area contributed by atoms with Crippen LogP contribution in [0.4, 0.5) is 0 Å². The van der Waals surface area contributed by atoms with Gasteiger partial charge in [0.2, 0.25) is 5.91 Å². The number of amides is 1. The van der Waals surface area contributed by atoms with Crippen LogP contribution in [0.5, 0.6) is 0 Å². The molecule has 0 spiro atoms. The molecule has 1 N–H and O–H groups in total. The lowest BCUT2D eigenvalue weighted by atomic mass is 9.95. The Bertz CT molecular complexity index is 446. The normalized spacial score (nSPS) is 17.7. The fourth-order valence-electron chi connectivity index (χ4n) is 2.49. The standard InChI is InChI=1S/C16H22BrNOS/c1-12(16(19)18-15-8-3-2-4-9-15)20-11-13-6-5-7-14(17)10-13/h5-7,10,12,15H,2-4,8-9,11H2,1H3,(H,18,19). The first kappa shape index (κ1) is 15.9. The highest BCUT2D eigenvalue weighted by Gasteiger charge is 2.19. The first-order valence-electron chi connectivity index (χ1n) is 7.31. The average Bonchev–Trinajstić information content (AvgIpc) is 2.46. The summed E-state index contributed by atoms with van der Waals surface area (Å²) < 4.78 is 1.09. The van der Waals surface area contributed by atoms with Gasteiger partial charge in [0.05, 0.1) is 5.25 Å². The van der Waals surface area contributed by atoms with E-state index in [4.69, 9.17) is 0 Å². The van der Waals surface area contributed by atoms with Crippen LogP contribution < -0.4 is 5.32 Å². The van der Waals surface area contributed by atoms with E-state index in [0.717, 1.165) is 23.1 Å². The van der Waals surface area contributed by atoms with Crippen LogP contribution in [0.2, 0.25) is 0 Å². The van der Waals surface area contributed by atoms with E-state index >= 15 is 0 Å². The molecule has 1 aromatic rings. The van der Waals surface area contributed by atoms with E-state index in [2.05, 4.69) is 33.4 Å². The first-order valence-corrected chi connectivity index (χ1v) is 9.16. The van der Waals surface area contributed by atoms with Crippen LogP contribution in [-0.2, 0) is 10.5 Å². The van der Waals surface area contributed by atoms with Crippen LogP contribution >= 0.6 is 27.7 Å².